The molecule has 3 nitrogen and oxygen atoms in total. The summed E-state index contributed by atoms with van der Waals surface area (Å²) in [6.07, 6.45) is 3.44. The zero-order chi connectivity index (χ0) is 13.0. The summed E-state index contributed by atoms with van der Waals surface area (Å²) in [5.41, 5.74) is 1.91. The fraction of sp³-hybridized carbons (Fsp3) is 0.600. The third-order valence-corrected chi connectivity index (χ3v) is 3.41. The minimum Gasteiger partial charge on any atom is -0.496 e. The number of hydrogen-bond acceptors (Lipinski definition) is 3. The summed E-state index contributed by atoms with van der Waals surface area (Å²) in [5, 5.41) is 9.58. The van der Waals surface area contributed by atoms with Gasteiger partial charge < -0.3 is 14.6 Å². The van der Waals surface area contributed by atoms with Crippen LogP contribution in [0.5, 0.6) is 5.75 Å². The van der Waals surface area contributed by atoms with E-state index in [0.29, 0.717) is 6.61 Å². The van der Waals surface area contributed by atoms with Gasteiger partial charge in [0.05, 0.1) is 19.8 Å². The lowest BCUT2D eigenvalue weighted by atomic mass is 10.1. The quantitative estimate of drug-likeness (QED) is 0.756. The molecule has 18 heavy (non-hydrogen) atoms. The zero-order valence-electron chi connectivity index (χ0n) is 11.2. The molecule has 1 atom stereocenters. The highest BCUT2D eigenvalue weighted by molar-refractivity contribution is 5.37. The van der Waals surface area contributed by atoms with Crippen molar-refractivity contribution >= 4 is 0 Å². The Balaban J connectivity index is 1.92. The molecule has 100 valence electrons. The number of aliphatic hydroxyl groups excluding tert-OH is 1. The lowest BCUT2D eigenvalue weighted by Crippen LogP contribution is -2.01. The molecule has 0 amide bonds. The Hall–Kier alpha value is -1.06. The van der Waals surface area contributed by atoms with Crippen LogP contribution >= 0.6 is 0 Å². The van der Waals surface area contributed by atoms with Crippen molar-refractivity contribution in [2.45, 2.75) is 38.9 Å². The van der Waals surface area contributed by atoms with Gasteiger partial charge in [0.2, 0.25) is 0 Å². The molecule has 0 heterocycles. The Labute approximate surface area is 109 Å². The molecule has 1 unspecified atom stereocenters. The molecule has 3 heteroatoms. The molecule has 0 radical (unpaired) electrons. The highest BCUT2D eigenvalue weighted by Crippen LogP contribution is 2.32. The van der Waals surface area contributed by atoms with Crippen molar-refractivity contribution in [2.24, 2.45) is 5.92 Å². The summed E-state index contributed by atoms with van der Waals surface area (Å²) < 4.78 is 11.0. The molecule has 0 spiro atoms. The summed E-state index contributed by atoms with van der Waals surface area (Å²) in [4.78, 5) is 0. The van der Waals surface area contributed by atoms with Crippen LogP contribution in [0, 0.1) is 5.92 Å². The van der Waals surface area contributed by atoms with Crippen molar-refractivity contribution in [3.05, 3.63) is 29.3 Å². The average Bonchev–Trinajstić information content (AvgIpc) is 3.18. The van der Waals surface area contributed by atoms with Crippen molar-refractivity contribution < 1.29 is 14.6 Å². The maximum atomic E-state index is 9.58. The SMILES string of the molecule is COc1ccc(C(C)O)cc1COCCC1CC1. The summed E-state index contributed by atoms with van der Waals surface area (Å²) in [5.74, 6) is 1.72. The molecule has 1 saturated carbocycles. The average molecular weight is 250 g/mol. The molecular formula is C15H22O3. The molecule has 0 bridgehead atoms. The van der Waals surface area contributed by atoms with Gasteiger partial charge in [0, 0.05) is 12.2 Å². The molecule has 0 aliphatic heterocycles. The lowest BCUT2D eigenvalue weighted by molar-refractivity contribution is 0.113. The molecule has 1 aromatic rings. The van der Waals surface area contributed by atoms with Crippen LogP contribution in [0.4, 0.5) is 0 Å². The van der Waals surface area contributed by atoms with E-state index in [1.165, 1.54) is 19.3 Å². The standard InChI is InChI=1S/C15H22O3/c1-11(16)13-5-6-15(17-2)14(9-13)10-18-8-7-12-3-4-12/h5-6,9,11-12,16H,3-4,7-8,10H2,1-2H3. The first kappa shape index (κ1) is 13.4. The Kier molecular flexibility index (Phi) is 4.61. The first-order valence-corrected chi connectivity index (χ1v) is 6.63. The normalized spacial score (nSPS) is 16.6. The second-order valence-electron chi connectivity index (χ2n) is 5.03. The molecule has 2 rings (SSSR count). The van der Waals surface area contributed by atoms with Gasteiger partial charge in [0.1, 0.15) is 5.75 Å². The fourth-order valence-corrected chi connectivity index (χ4v) is 2.01. The number of ether oxygens (including phenoxy) is 2. The number of aliphatic hydroxyl groups is 1. The van der Waals surface area contributed by atoms with Crippen LogP contribution in [0.3, 0.4) is 0 Å². The van der Waals surface area contributed by atoms with E-state index in [4.69, 9.17) is 9.47 Å². The van der Waals surface area contributed by atoms with Crippen LogP contribution in [0.1, 0.15) is 43.4 Å². The van der Waals surface area contributed by atoms with Gasteiger partial charge in [0.25, 0.3) is 0 Å². The molecule has 1 aromatic carbocycles. The van der Waals surface area contributed by atoms with Gasteiger partial charge in [-0.25, -0.2) is 0 Å². The Morgan fingerprint density at radius 3 is 2.78 bits per heavy atom. The van der Waals surface area contributed by atoms with Gasteiger partial charge in [-0.2, -0.15) is 0 Å². The Bertz CT molecular complexity index is 383. The summed E-state index contributed by atoms with van der Waals surface area (Å²) in [7, 11) is 1.66. The summed E-state index contributed by atoms with van der Waals surface area (Å²) in [6, 6.07) is 5.74. The van der Waals surface area contributed by atoms with Crippen molar-refractivity contribution in [1.29, 1.82) is 0 Å². The predicted octanol–water partition coefficient (Wildman–Crippen LogP) is 3.07. The first-order valence-electron chi connectivity index (χ1n) is 6.63. The van der Waals surface area contributed by atoms with Crippen LogP contribution in [0.25, 0.3) is 0 Å². The first-order chi connectivity index (χ1) is 8.70. The molecule has 1 N–H and O–H groups in total. The van der Waals surface area contributed by atoms with Gasteiger partial charge in [-0.1, -0.05) is 18.9 Å². The van der Waals surface area contributed by atoms with Crippen LogP contribution < -0.4 is 4.74 Å². The van der Waals surface area contributed by atoms with Gasteiger partial charge in [-0.05, 0) is 37.0 Å². The fourth-order valence-electron chi connectivity index (χ4n) is 2.01. The number of rotatable bonds is 7. The van der Waals surface area contributed by atoms with Crippen molar-refractivity contribution in [3.8, 4) is 5.75 Å². The highest BCUT2D eigenvalue weighted by atomic mass is 16.5. The van der Waals surface area contributed by atoms with Crippen LogP contribution in [-0.2, 0) is 11.3 Å². The molecule has 0 aromatic heterocycles. The predicted molar refractivity (Wildman–Crippen MR) is 70.6 cm³/mol. The molecule has 1 fully saturated rings. The largest absolute Gasteiger partial charge is 0.496 e. The van der Waals surface area contributed by atoms with Gasteiger partial charge >= 0.3 is 0 Å². The van der Waals surface area contributed by atoms with E-state index in [9.17, 15) is 5.11 Å². The second kappa shape index (κ2) is 6.21. The van der Waals surface area contributed by atoms with Crippen molar-refractivity contribution in [2.75, 3.05) is 13.7 Å². The lowest BCUT2D eigenvalue weighted by Gasteiger charge is -2.12. The topological polar surface area (TPSA) is 38.7 Å². The smallest absolute Gasteiger partial charge is 0.124 e. The van der Waals surface area contributed by atoms with E-state index in [-0.39, 0.29) is 0 Å². The molecular weight excluding hydrogens is 228 g/mol. The maximum Gasteiger partial charge on any atom is 0.124 e. The van der Waals surface area contributed by atoms with Crippen molar-refractivity contribution in [3.63, 3.8) is 0 Å². The van der Waals surface area contributed by atoms with E-state index in [0.717, 1.165) is 29.4 Å². The van der Waals surface area contributed by atoms with E-state index < -0.39 is 6.10 Å². The van der Waals surface area contributed by atoms with Crippen LogP contribution in [0.2, 0.25) is 0 Å². The van der Waals surface area contributed by atoms with Crippen LogP contribution in [-0.4, -0.2) is 18.8 Å². The monoisotopic (exact) mass is 250 g/mol. The molecule has 1 aliphatic rings. The minimum absolute atomic E-state index is 0.457. The van der Waals surface area contributed by atoms with Crippen molar-refractivity contribution in [1.82, 2.24) is 0 Å². The highest BCUT2D eigenvalue weighted by Gasteiger charge is 2.20. The number of hydrogen-bond donors (Lipinski definition) is 1. The van der Waals surface area contributed by atoms with Gasteiger partial charge in [-0.15, -0.1) is 0 Å². The summed E-state index contributed by atoms with van der Waals surface area (Å²) >= 11 is 0. The third-order valence-electron chi connectivity index (χ3n) is 3.41. The second-order valence-corrected chi connectivity index (χ2v) is 5.03. The summed E-state index contributed by atoms with van der Waals surface area (Å²) in [6.45, 7) is 3.13. The van der Waals surface area contributed by atoms with E-state index >= 15 is 0 Å². The van der Waals surface area contributed by atoms with E-state index in [2.05, 4.69) is 0 Å². The third kappa shape index (κ3) is 3.72. The number of methoxy groups -OCH3 is 1. The maximum absolute atomic E-state index is 9.58. The Morgan fingerprint density at radius 1 is 1.39 bits per heavy atom. The molecule has 1 aliphatic carbocycles. The van der Waals surface area contributed by atoms with E-state index in [1.54, 1.807) is 14.0 Å². The zero-order valence-corrected chi connectivity index (χ0v) is 11.2. The number of benzene rings is 1. The Morgan fingerprint density at radius 2 is 2.17 bits per heavy atom. The van der Waals surface area contributed by atoms with Crippen LogP contribution in [0.15, 0.2) is 18.2 Å². The van der Waals surface area contributed by atoms with Gasteiger partial charge in [-0.3, -0.25) is 0 Å². The molecule has 0 saturated heterocycles. The van der Waals surface area contributed by atoms with E-state index in [1.807, 2.05) is 18.2 Å². The minimum atomic E-state index is -0.457. The van der Waals surface area contributed by atoms with Gasteiger partial charge in [0.15, 0.2) is 0 Å².